The molecule has 0 saturated carbocycles. The number of aliphatic hydroxyl groups excluding tert-OH is 1. The summed E-state index contributed by atoms with van der Waals surface area (Å²) in [4.78, 5) is 12.4. The Balaban J connectivity index is 1.89. The molecule has 6 nitrogen and oxygen atoms in total. The van der Waals surface area contributed by atoms with Gasteiger partial charge in [0.1, 0.15) is 11.6 Å². The molecule has 6 heteroatoms. The van der Waals surface area contributed by atoms with E-state index in [2.05, 4.69) is 10.4 Å². The third kappa shape index (κ3) is 3.64. The molecule has 1 aromatic carbocycles. The molecule has 0 fully saturated rings. The summed E-state index contributed by atoms with van der Waals surface area (Å²) in [6, 6.07) is 13.1. The van der Waals surface area contributed by atoms with E-state index in [1.54, 1.807) is 22.9 Å². The van der Waals surface area contributed by atoms with Crippen LogP contribution in [0.3, 0.4) is 0 Å². The summed E-state index contributed by atoms with van der Waals surface area (Å²) in [5, 5.41) is 16.6. The van der Waals surface area contributed by atoms with Gasteiger partial charge in [-0.3, -0.25) is 4.79 Å². The van der Waals surface area contributed by atoms with E-state index in [1.165, 1.54) is 0 Å². The van der Waals surface area contributed by atoms with E-state index in [-0.39, 0.29) is 18.3 Å². The number of hydrogen-bond acceptors (Lipinski definition) is 4. The smallest absolute Gasteiger partial charge is 0.292 e. The van der Waals surface area contributed by atoms with Gasteiger partial charge in [-0.1, -0.05) is 31.2 Å². The molecule has 2 heterocycles. The van der Waals surface area contributed by atoms with Crippen molar-refractivity contribution in [1.29, 1.82) is 0 Å². The number of anilines is 1. The Morgan fingerprint density at radius 2 is 2.08 bits per heavy atom. The molecular weight excluding hydrogens is 318 g/mol. The fourth-order valence-corrected chi connectivity index (χ4v) is 2.64. The number of benzene rings is 1. The molecule has 130 valence electrons. The summed E-state index contributed by atoms with van der Waals surface area (Å²) >= 11 is 0. The maximum Gasteiger partial charge on any atom is 0.292 e. The summed E-state index contributed by atoms with van der Waals surface area (Å²) in [6.07, 6.45) is 0.729. The van der Waals surface area contributed by atoms with E-state index in [1.807, 2.05) is 38.1 Å². The first-order valence-corrected chi connectivity index (χ1v) is 8.27. The average Bonchev–Trinajstić information content (AvgIpc) is 3.23. The van der Waals surface area contributed by atoms with Gasteiger partial charge in [0.15, 0.2) is 5.76 Å². The molecule has 0 spiro atoms. The van der Waals surface area contributed by atoms with Gasteiger partial charge in [0, 0.05) is 18.1 Å². The van der Waals surface area contributed by atoms with Gasteiger partial charge in [-0.25, -0.2) is 4.68 Å². The molecule has 0 saturated heterocycles. The van der Waals surface area contributed by atoms with Gasteiger partial charge in [-0.15, -0.1) is 0 Å². The van der Waals surface area contributed by atoms with Crippen LogP contribution >= 0.6 is 0 Å². The molecule has 25 heavy (non-hydrogen) atoms. The molecule has 3 aromatic rings. The minimum Gasteiger partial charge on any atom is -0.456 e. The molecule has 0 aliphatic heterocycles. The number of aliphatic hydroxyl groups is 1. The number of carbonyl (C=O) groups is 1. The average molecular weight is 339 g/mol. The van der Waals surface area contributed by atoms with E-state index in [4.69, 9.17) is 4.42 Å². The first-order chi connectivity index (χ1) is 12.1. The Morgan fingerprint density at radius 1 is 1.28 bits per heavy atom. The predicted molar refractivity (Wildman–Crippen MR) is 95.5 cm³/mol. The zero-order valence-corrected chi connectivity index (χ0v) is 14.3. The van der Waals surface area contributed by atoms with Crippen molar-refractivity contribution in [3.63, 3.8) is 0 Å². The fraction of sp³-hybridized carbons (Fsp3) is 0.263. The second-order valence-corrected chi connectivity index (χ2v) is 5.75. The standard InChI is InChI=1S/C19H21N3O3/c1-3-14-8-9-17(25-14)19(24)20-18-12-16(21-22(18)10-11-23)15-7-5-4-6-13(15)2/h4-9,12,23H,3,10-11H2,1-2H3,(H,20,24). The first-order valence-electron chi connectivity index (χ1n) is 8.27. The van der Waals surface area contributed by atoms with Crippen molar-refractivity contribution < 1.29 is 14.3 Å². The third-order valence-electron chi connectivity index (χ3n) is 3.99. The van der Waals surface area contributed by atoms with Crippen molar-refractivity contribution in [3.8, 4) is 11.3 Å². The summed E-state index contributed by atoms with van der Waals surface area (Å²) < 4.78 is 7.07. The predicted octanol–water partition coefficient (Wildman–Crippen LogP) is 3.26. The Morgan fingerprint density at radius 3 is 2.76 bits per heavy atom. The third-order valence-corrected chi connectivity index (χ3v) is 3.99. The van der Waals surface area contributed by atoms with Crippen LogP contribution in [0.1, 0.15) is 28.8 Å². The van der Waals surface area contributed by atoms with Crippen LogP contribution in [0, 0.1) is 6.92 Å². The second-order valence-electron chi connectivity index (χ2n) is 5.75. The number of aryl methyl sites for hydroxylation is 2. The van der Waals surface area contributed by atoms with Crippen LogP contribution in [-0.4, -0.2) is 27.4 Å². The second kappa shape index (κ2) is 7.36. The van der Waals surface area contributed by atoms with Gasteiger partial charge in [-0.2, -0.15) is 5.10 Å². The molecular formula is C19H21N3O3. The molecule has 2 aromatic heterocycles. The number of hydrogen-bond donors (Lipinski definition) is 2. The van der Waals surface area contributed by atoms with E-state index >= 15 is 0 Å². The van der Waals surface area contributed by atoms with Gasteiger partial charge < -0.3 is 14.8 Å². The topological polar surface area (TPSA) is 80.3 Å². The number of amides is 1. The van der Waals surface area contributed by atoms with E-state index in [0.29, 0.717) is 12.4 Å². The van der Waals surface area contributed by atoms with Crippen LogP contribution in [0.4, 0.5) is 5.82 Å². The lowest BCUT2D eigenvalue weighted by atomic mass is 10.1. The lowest BCUT2D eigenvalue weighted by Crippen LogP contribution is -2.16. The number of rotatable bonds is 6. The molecule has 3 rings (SSSR count). The lowest BCUT2D eigenvalue weighted by Gasteiger charge is -2.06. The Labute approximate surface area is 146 Å². The Bertz CT molecular complexity index is 880. The quantitative estimate of drug-likeness (QED) is 0.722. The normalized spacial score (nSPS) is 10.8. The monoisotopic (exact) mass is 339 g/mol. The van der Waals surface area contributed by atoms with Crippen LogP contribution in [0.15, 0.2) is 46.9 Å². The van der Waals surface area contributed by atoms with Crippen molar-refractivity contribution in [2.24, 2.45) is 0 Å². The fourth-order valence-electron chi connectivity index (χ4n) is 2.64. The number of nitrogens with zero attached hydrogens (tertiary/aromatic N) is 2. The molecule has 0 radical (unpaired) electrons. The number of aromatic nitrogens is 2. The van der Waals surface area contributed by atoms with Gasteiger partial charge in [0.25, 0.3) is 5.91 Å². The summed E-state index contributed by atoms with van der Waals surface area (Å²) in [6.45, 7) is 4.19. The first kappa shape index (κ1) is 17.0. The molecule has 1 amide bonds. The van der Waals surface area contributed by atoms with Crippen molar-refractivity contribution in [2.75, 3.05) is 11.9 Å². The zero-order valence-electron chi connectivity index (χ0n) is 14.3. The highest BCUT2D eigenvalue weighted by molar-refractivity contribution is 6.02. The summed E-state index contributed by atoms with van der Waals surface area (Å²) in [5.74, 6) is 1.20. The molecule has 0 bridgehead atoms. The maximum atomic E-state index is 12.4. The van der Waals surface area contributed by atoms with Crippen LogP contribution in [0.5, 0.6) is 0 Å². The number of furan rings is 1. The van der Waals surface area contributed by atoms with Crippen LogP contribution < -0.4 is 5.32 Å². The van der Waals surface area contributed by atoms with E-state index in [9.17, 15) is 9.90 Å². The van der Waals surface area contributed by atoms with Crippen molar-refractivity contribution >= 4 is 11.7 Å². The Kier molecular flexibility index (Phi) is 5.00. The highest BCUT2D eigenvalue weighted by Gasteiger charge is 2.16. The Hall–Kier alpha value is -2.86. The minimum absolute atomic E-state index is 0.0709. The number of carbonyl (C=O) groups excluding carboxylic acids is 1. The van der Waals surface area contributed by atoms with E-state index < -0.39 is 0 Å². The van der Waals surface area contributed by atoms with Gasteiger partial charge in [0.2, 0.25) is 0 Å². The van der Waals surface area contributed by atoms with Crippen LogP contribution in [-0.2, 0) is 13.0 Å². The van der Waals surface area contributed by atoms with Crippen molar-refractivity contribution in [2.45, 2.75) is 26.8 Å². The molecule has 0 aliphatic carbocycles. The maximum absolute atomic E-state index is 12.4. The SMILES string of the molecule is CCc1ccc(C(=O)Nc2cc(-c3ccccc3C)nn2CCO)o1. The van der Waals surface area contributed by atoms with E-state index in [0.717, 1.165) is 29.0 Å². The lowest BCUT2D eigenvalue weighted by molar-refractivity contribution is 0.0993. The zero-order chi connectivity index (χ0) is 17.8. The number of nitrogens with one attached hydrogen (secondary N) is 1. The van der Waals surface area contributed by atoms with Gasteiger partial charge in [0.05, 0.1) is 18.8 Å². The minimum atomic E-state index is -0.338. The van der Waals surface area contributed by atoms with Crippen LogP contribution in [0.25, 0.3) is 11.3 Å². The molecule has 0 atom stereocenters. The highest BCUT2D eigenvalue weighted by Crippen LogP contribution is 2.25. The molecule has 2 N–H and O–H groups in total. The highest BCUT2D eigenvalue weighted by atomic mass is 16.3. The molecule has 0 aliphatic rings. The summed E-state index contributed by atoms with van der Waals surface area (Å²) in [5.41, 5.74) is 2.82. The largest absolute Gasteiger partial charge is 0.456 e. The van der Waals surface area contributed by atoms with Crippen molar-refractivity contribution in [1.82, 2.24) is 9.78 Å². The summed E-state index contributed by atoms with van der Waals surface area (Å²) in [7, 11) is 0. The van der Waals surface area contributed by atoms with Crippen LogP contribution in [0.2, 0.25) is 0 Å². The van der Waals surface area contributed by atoms with Gasteiger partial charge >= 0.3 is 0 Å². The molecule has 0 unspecified atom stereocenters. The van der Waals surface area contributed by atoms with Gasteiger partial charge in [-0.05, 0) is 24.6 Å². The van der Waals surface area contributed by atoms with Crippen molar-refractivity contribution in [3.05, 3.63) is 59.5 Å².